The molecule has 0 atom stereocenters. The van der Waals surface area contributed by atoms with Gasteiger partial charge in [-0.1, -0.05) is 31.2 Å². The molecule has 4 heteroatoms. The lowest BCUT2D eigenvalue weighted by molar-refractivity contribution is -0.140. The smallest absolute Gasteiger partial charge is 0.242 e. The Morgan fingerprint density at radius 2 is 1.86 bits per heavy atom. The summed E-state index contributed by atoms with van der Waals surface area (Å²) < 4.78 is 0. The van der Waals surface area contributed by atoms with Crippen molar-refractivity contribution in [1.82, 2.24) is 9.80 Å². The third-order valence-electron chi connectivity index (χ3n) is 4.53. The molecule has 0 bridgehead atoms. The topological polar surface area (TPSA) is 40.6 Å². The van der Waals surface area contributed by atoms with Crippen LogP contribution in [0.1, 0.15) is 37.8 Å². The molecule has 0 aliphatic carbocycles. The third-order valence-corrected chi connectivity index (χ3v) is 4.53. The fourth-order valence-corrected chi connectivity index (χ4v) is 2.79. The van der Waals surface area contributed by atoms with Crippen molar-refractivity contribution >= 4 is 11.8 Å². The predicted molar refractivity (Wildman–Crippen MR) is 87.2 cm³/mol. The Morgan fingerprint density at radius 1 is 1.23 bits per heavy atom. The molecule has 0 unspecified atom stereocenters. The molecule has 1 heterocycles. The summed E-state index contributed by atoms with van der Waals surface area (Å²) in [6.07, 6.45) is 2.12. The van der Waals surface area contributed by atoms with Crippen LogP contribution >= 0.6 is 0 Å². The van der Waals surface area contributed by atoms with Gasteiger partial charge in [0.1, 0.15) is 6.54 Å². The van der Waals surface area contributed by atoms with Crippen LogP contribution < -0.4 is 0 Å². The Labute approximate surface area is 133 Å². The summed E-state index contributed by atoms with van der Waals surface area (Å²) in [5, 5.41) is 0. The zero-order valence-corrected chi connectivity index (χ0v) is 13.8. The van der Waals surface area contributed by atoms with Gasteiger partial charge in [-0.15, -0.1) is 0 Å². The Kier molecular flexibility index (Phi) is 5.58. The molecule has 1 aliphatic heterocycles. The maximum absolute atomic E-state index is 12.4. The van der Waals surface area contributed by atoms with Gasteiger partial charge in [0.05, 0.1) is 0 Å². The van der Waals surface area contributed by atoms with Gasteiger partial charge in [-0.2, -0.15) is 0 Å². The van der Waals surface area contributed by atoms with Gasteiger partial charge < -0.3 is 9.80 Å². The van der Waals surface area contributed by atoms with E-state index >= 15 is 0 Å². The van der Waals surface area contributed by atoms with Crippen molar-refractivity contribution in [2.45, 2.75) is 40.2 Å². The van der Waals surface area contributed by atoms with Gasteiger partial charge in [0.15, 0.2) is 0 Å². The highest BCUT2D eigenvalue weighted by Crippen LogP contribution is 2.17. The van der Waals surface area contributed by atoms with Gasteiger partial charge in [0, 0.05) is 26.6 Å². The minimum Gasteiger partial charge on any atom is -0.341 e. The first kappa shape index (κ1) is 16.5. The second kappa shape index (κ2) is 7.43. The molecular weight excluding hydrogens is 276 g/mol. The molecular formula is C18H26N2O2. The normalized spacial score (nSPS) is 15.7. The summed E-state index contributed by atoms with van der Waals surface area (Å²) in [5.74, 6) is 0.706. The van der Waals surface area contributed by atoms with Crippen LogP contribution in [0.3, 0.4) is 0 Å². The molecule has 1 aliphatic rings. The number of carbonyl (C=O) groups excluding carboxylic acids is 2. The summed E-state index contributed by atoms with van der Waals surface area (Å²) in [6.45, 7) is 8.09. The van der Waals surface area contributed by atoms with E-state index in [9.17, 15) is 9.59 Å². The SMILES string of the molecule is CC(=O)N(CC(=O)N1CCC(C)CC1)Cc1ccccc1C. The molecule has 22 heavy (non-hydrogen) atoms. The number of hydrogen-bond acceptors (Lipinski definition) is 2. The minimum atomic E-state index is -0.0537. The van der Waals surface area contributed by atoms with E-state index in [4.69, 9.17) is 0 Å². The number of rotatable bonds is 4. The summed E-state index contributed by atoms with van der Waals surface area (Å²) >= 11 is 0. The summed E-state index contributed by atoms with van der Waals surface area (Å²) in [4.78, 5) is 27.9. The second-order valence-corrected chi connectivity index (χ2v) is 6.36. The first-order valence-electron chi connectivity index (χ1n) is 8.05. The molecule has 4 nitrogen and oxygen atoms in total. The molecule has 0 aromatic heterocycles. The van der Waals surface area contributed by atoms with Crippen LogP contribution in [0.5, 0.6) is 0 Å². The summed E-state index contributed by atoms with van der Waals surface area (Å²) in [6, 6.07) is 7.99. The molecule has 2 amide bonds. The highest BCUT2D eigenvalue weighted by atomic mass is 16.2. The second-order valence-electron chi connectivity index (χ2n) is 6.36. The molecule has 0 radical (unpaired) electrons. The number of piperidine rings is 1. The first-order chi connectivity index (χ1) is 10.5. The molecule has 120 valence electrons. The van der Waals surface area contributed by atoms with Crippen molar-refractivity contribution < 1.29 is 9.59 Å². The minimum absolute atomic E-state index is 0.0537. The number of carbonyl (C=O) groups is 2. The lowest BCUT2D eigenvalue weighted by Gasteiger charge is -2.32. The van der Waals surface area contributed by atoms with E-state index in [0.717, 1.165) is 37.1 Å². The van der Waals surface area contributed by atoms with E-state index in [1.54, 1.807) is 4.90 Å². The van der Waals surface area contributed by atoms with Crippen molar-refractivity contribution in [3.05, 3.63) is 35.4 Å². The van der Waals surface area contributed by atoms with Crippen LogP contribution in [0.2, 0.25) is 0 Å². The molecule has 2 rings (SSSR count). The maximum atomic E-state index is 12.4. The van der Waals surface area contributed by atoms with Gasteiger partial charge in [-0.3, -0.25) is 9.59 Å². The van der Waals surface area contributed by atoms with Gasteiger partial charge in [-0.25, -0.2) is 0 Å². The molecule has 1 saturated heterocycles. The van der Waals surface area contributed by atoms with Crippen molar-refractivity contribution in [2.75, 3.05) is 19.6 Å². The van der Waals surface area contributed by atoms with Gasteiger partial charge in [0.2, 0.25) is 11.8 Å². The Bertz CT molecular complexity index is 534. The van der Waals surface area contributed by atoms with Crippen LogP contribution in [0.4, 0.5) is 0 Å². The average Bonchev–Trinajstić information content (AvgIpc) is 2.49. The van der Waals surface area contributed by atoms with E-state index in [1.165, 1.54) is 6.92 Å². The highest BCUT2D eigenvalue weighted by Gasteiger charge is 2.23. The summed E-state index contributed by atoms with van der Waals surface area (Å²) in [7, 11) is 0. The Morgan fingerprint density at radius 3 is 2.45 bits per heavy atom. The van der Waals surface area contributed by atoms with Crippen LogP contribution in [0, 0.1) is 12.8 Å². The van der Waals surface area contributed by atoms with E-state index in [-0.39, 0.29) is 18.4 Å². The monoisotopic (exact) mass is 302 g/mol. The van der Waals surface area contributed by atoms with Crippen molar-refractivity contribution in [3.63, 3.8) is 0 Å². The lowest BCUT2D eigenvalue weighted by atomic mass is 9.99. The Hall–Kier alpha value is -1.84. The number of amides is 2. The quantitative estimate of drug-likeness (QED) is 0.858. The zero-order chi connectivity index (χ0) is 16.1. The van der Waals surface area contributed by atoms with Gasteiger partial charge in [0.25, 0.3) is 0 Å². The Balaban J connectivity index is 1.98. The van der Waals surface area contributed by atoms with Gasteiger partial charge in [-0.05, 0) is 36.8 Å². The predicted octanol–water partition coefficient (Wildman–Crippen LogP) is 2.60. The summed E-state index contributed by atoms with van der Waals surface area (Å²) in [5.41, 5.74) is 2.24. The van der Waals surface area contributed by atoms with Crippen LogP contribution in [0.25, 0.3) is 0 Å². The number of nitrogens with zero attached hydrogens (tertiary/aromatic N) is 2. The maximum Gasteiger partial charge on any atom is 0.242 e. The fourth-order valence-electron chi connectivity index (χ4n) is 2.79. The van der Waals surface area contributed by atoms with E-state index in [1.807, 2.05) is 36.1 Å². The third kappa shape index (κ3) is 4.33. The van der Waals surface area contributed by atoms with E-state index in [2.05, 4.69) is 6.92 Å². The van der Waals surface area contributed by atoms with Crippen LogP contribution in [0.15, 0.2) is 24.3 Å². The fraction of sp³-hybridized carbons (Fsp3) is 0.556. The van der Waals surface area contributed by atoms with E-state index in [0.29, 0.717) is 12.5 Å². The van der Waals surface area contributed by atoms with E-state index < -0.39 is 0 Å². The van der Waals surface area contributed by atoms with Crippen molar-refractivity contribution in [1.29, 1.82) is 0 Å². The average molecular weight is 302 g/mol. The van der Waals surface area contributed by atoms with Crippen LogP contribution in [-0.2, 0) is 16.1 Å². The standard InChI is InChI=1S/C18H26N2O2/c1-14-8-10-19(11-9-14)18(22)13-20(16(3)21)12-17-7-5-4-6-15(17)2/h4-7,14H,8-13H2,1-3H3. The first-order valence-corrected chi connectivity index (χ1v) is 8.05. The molecule has 0 spiro atoms. The van der Waals surface area contributed by atoms with Crippen LogP contribution in [-0.4, -0.2) is 41.2 Å². The largest absolute Gasteiger partial charge is 0.341 e. The molecule has 1 aromatic carbocycles. The van der Waals surface area contributed by atoms with Gasteiger partial charge >= 0.3 is 0 Å². The number of hydrogen-bond donors (Lipinski definition) is 0. The number of benzene rings is 1. The molecule has 0 N–H and O–H groups in total. The molecule has 1 aromatic rings. The van der Waals surface area contributed by atoms with Crippen molar-refractivity contribution in [3.8, 4) is 0 Å². The molecule has 0 saturated carbocycles. The van der Waals surface area contributed by atoms with Crippen molar-refractivity contribution in [2.24, 2.45) is 5.92 Å². The highest BCUT2D eigenvalue weighted by molar-refractivity contribution is 5.83. The zero-order valence-electron chi connectivity index (χ0n) is 13.8. The number of likely N-dealkylation sites (tertiary alicyclic amines) is 1. The molecule has 1 fully saturated rings. The number of aryl methyl sites for hydroxylation is 1. The lowest BCUT2D eigenvalue weighted by Crippen LogP contribution is -2.45.